The van der Waals surface area contributed by atoms with Crippen LogP contribution < -0.4 is 10.1 Å². The molecule has 8 heteroatoms. The van der Waals surface area contributed by atoms with Crippen LogP contribution in [0.15, 0.2) is 30.6 Å². The zero-order chi connectivity index (χ0) is 21.4. The Morgan fingerprint density at radius 3 is 2.83 bits per heavy atom. The zero-order valence-corrected chi connectivity index (χ0v) is 17.6. The normalized spacial score (nSPS) is 16.3. The van der Waals surface area contributed by atoms with Gasteiger partial charge in [0.15, 0.2) is 0 Å². The third-order valence-electron chi connectivity index (χ3n) is 5.60. The van der Waals surface area contributed by atoms with Crippen LogP contribution in [0.5, 0.6) is 5.75 Å². The number of hydrogen-bond donors (Lipinski definition) is 1. The van der Waals surface area contributed by atoms with Crippen molar-refractivity contribution in [3.63, 3.8) is 0 Å². The third-order valence-corrected chi connectivity index (χ3v) is 5.60. The van der Waals surface area contributed by atoms with Crippen molar-refractivity contribution in [2.75, 3.05) is 20.7 Å². The Balaban J connectivity index is 1.66. The first-order valence-electron chi connectivity index (χ1n) is 9.85. The molecule has 30 heavy (non-hydrogen) atoms. The Hall–Kier alpha value is -3.42. The van der Waals surface area contributed by atoms with Gasteiger partial charge in [-0.2, -0.15) is 0 Å². The number of nitrogens with one attached hydrogen (secondary N) is 1. The van der Waals surface area contributed by atoms with Gasteiger partial charge in [0.05, 0.1) is 18.7 Å². The number of methoxy groups -OCH3 is 1. The predicted octanol–water partition coefficient (Wildman–Crippen LogP) is 2.05. The monoisotopic (exact) mass is 407 g/mol. The molecule has 1 fully saturated rings. The van der Waals surface area contributed by atoms with Crippen LogP contribution in [0.25, 0.3) is 22.2 Å². The van der Waals surface area contributed by atoms with Gasteiger partial charge in [-0.05, 0) is 25.1 Å². The number of aryl methyl sites for hydroxylation is 2. The van der Waals surface area contributed by atoms with Crippen molar-refractivity contribution in [3.05, 3.63) is 42.0 Å². The van der Waals surface area contributed by atoms with Gasteiger partial charge >= 0.3 is 0 Å². The number of carbonyl (C=O) groups is 2. The summed E-state index contributed by atoms with van der Waals surface area (Å²) in [7, 11) is 5.35. The van der Waals surface area contributed by atoms with Gasteiger partial charge in [0, 0.05) is 68.0 Å². The molecule has 0 spiro atoms. The number of fused-ring (bicyclic) bond motifs is 1. The fourth-order valence-corrected chi connectivity index (χ4v) is 3.91. The van der Waals surface area contributed by atoms with E-state index in [9.17, 15) is 9.59 Å². The molecular formula is C22H25N5O3. The lowest BCUT2D eigenvalue weighted by molar-refractivity contribution is -0.128. The molecule has 0 bridgehead atoms. The second-order valence-electron chi connectivity index (χ2n) is 7.72. The third kappa shape index (κ3) is 3.60. The number of amides is 2. The van der Waals surface area contributed by atoms with E-state index >= 15 is 0 Å². The number of carbonyl (C=O) groups excluding carboxylic acids is 2. The maximum absolute atomic E-state index is 12.6. The average molecular weight is 407 g/mol. The molecule has 4 rings (SSSR count). The van der Waals surface area contributed by atoms with Gasteiger partial charge in [-0.3, -0.25) is 9.59 Å². The van der Waals surface area contributed by atoms with E-state index in [-0.39, 0.29) is 24.2 Å². The minimum absolute atomic E-state index is 0.000731. The summed E-state index contributed by atoms with van der Waals surface area (Å²) in [5.74, 6) is 0.978. The van der Waals surface area contributed by atoms with Crippen molar-refractivity contribution >= 4 is 22.7 Å². The van der Waals surface area contributed by atoms with Gasteiger partial charge in [-0.1, -0.05) is 0 Å². The van der Waals surface area contributed by atoms with E-state index in [1.807, 2.05) is 42.9 Å². The smallest absolute Gasteiger partial charge is 0.225 e. The van der Waals surface area contributed by atoms with Crippen LogP contribution >= 0.6 is 0 Å². The highest BCUT2D eigenvalue weighted by Crippen LogP contribution is 2.33. The molecular weight excluding hydrogens is 382 g/mol. The lowest BCUT2D eigenvalue weighted by Crippen LogP contribution is -2.32. The Labute approximate surface area is 174 Å². The summed E-state index contributed by atoms with van der Waals surface area (Å²) in [4.78, 5) is 34.9. The van der Waals surface area contributed by atoms with Crippen LogP contribution in [0, 0.1) is 12.8 Å². The second-order valence-corrected chi connectivity index (χ2v) is 7.72. The number of ether oxygens (including phenoxy) is 1. The Kier molecular flexibility index (Phi) is 5.15. The first kappa shape index (κ1) is 19.9. The number of aromatic nitrogens is 3. The maximum Gasteiger partial charge on any atom is 0.225 e. The molecule has 3 aromatic rings. The molecule has 1 aliphatic heterocycles. The van der Waals surface area contributed by atoms with Crippen LogP contribution in [-0.4, -0.2) is 52.0 Å². The number of likely N-dealkylation sites (tertiary alicyclic amines) is 1. The van der Waals surface area contributed by atoms with Crippen molar-refractivity contribution in [2.45, 2.75) is 19.9 Å². The van der Waals surface area contributed by atoms with Gasteiger partial charge in [0.25, 0.3) is 0 Å². The first-order chi connectivity index (χ1) is 14.4. The minimum atomic E-state index is -0.320. The van der Waals surface area contributed by atoms with E-state index in [4.69, 9.17) is 4.74 Å². The van der Waals surface area contributed by atoms with E-state index in [2.05, 4.69) is 15.3 Å². The van der Waals surface area contributed by atoms with Crippen molar-refractivity contribution in [1.82, 2.24) is 24.8 Å². The number of hydrogen-bond acceptors (Lipinski definition) is 5. The standard InChI is InChI=1S/C22H25N5O3/c1-13-23-9-15(10-24-22(29)14-7-20(28)27(3)11-14)21(25-13)18-12-26(2)19-6-5-16(30-4)8-17(18)19/h5-6,8-9,12,14H,7,10-11H2,1-4H3,(H,24,29)/t14-/m1/s1. The van der Waals surface area contributed by atoms with E-state index in [0.717, 1.165) is 33.5 Å². The average Bonchev–Trinajstić information content (AvgIpc) is 3.25. The molecule has 2 aromatic heterocycles. The van der Waals surface area contributed by atoms with E-state index in [0.29, 0.717) is 18.9 Å². The molecule has 1 saturated heterocycles. The molecule has 8 nitrogen and oxygen atoms in total. The number of benzene rings is 1. The van der Waals surface area contributed by atoms with Gasteiger partial charge in [-0.25, -0.2) is 9.97 Å². The molecule has 2 amide bonds. The molecule has 1 aromatic carbocycles. The van der Waals surface area contributed by atoms with Crippen LogP contribution in [0.3, 0.4) is 0 Å². The van der Waals surface area contributed by atoms with Gasteiger partial charge in [0.1, 0.15) is 11.6 Å². The molecule has 3 heterocycles. The summed E-state index contributed by atoms with van der Waals surface area (Å²) >= 11 is 0. The van der Waals surface area contributed by atoms with Crippen molar-refractivity contribution in [2.24, 2.45) is 13.0 Å². The van der Waals surface area contributed by atoms with Crippen molar-refractivity contribution in [3.8, 4) is 17.0 Å². The predicted molar refractivity (Wildman–Crippen MR) is 113 cm³/mol. The highest BCUT2D eigenvalue weighted by Gasteiger charge is 2.32. The Morgan fingerprint density at radius 1 is 1.33 bits per heavy atom. The molecule has 1 atom stereocenters. The number of nitrogens with zero attached hydrogens (tertiary/aromatic N) is 4. The lowest BCUT2D eigenvalue weighted by Gasteiger charge is -2.13. The van der Waals surface area contributed by atoms with Crippen molar-refractivity contribution < 1.29 is 14.3 Å². The van der Waals surface area contributed by atoms with Crippen LogP contribution in [0.1, 0.15) is 17.8 Å². The summed E-state index contributed by atoms with van der Waals surface area (Å²) in [5, 5.41) is 3.98. The Morgan fingerprint density at radius 2 is 2.13 bits per heavy atom. The van der Waals surface area contributed by atoms with E-state index in [1.54, 1.807) is 25.3 Å². The minimum Gasteiger partial charge on any atom is -0.497 e. The van der Waals surface area contributed by atoms with Crippen molar-refractivity contribution in [1.29, 1.82) is 0 Å². The largest absolute Gasteiger partial charge is 0.497 e. The van der Waals surface area contributed by atoms with Crippen LogP contribution in [0.4, 0.5) is 0 Å². The number of rotatable bonds is 5. The zero-order valence-electron chi connectivity index (χ0n) is 17.6. The van der Waals surface area contributed by atoms with Crippen LogP contribution in [0.2, 0.25) is 0 Å². The maximum atomic E-state index is 12.6. The summed E-state index contributed by atoms with van der Waals surface area (Å²) < 4.78 is 7.44. The summed E-state index contributed by atoms with van der Waals surface area (Å²) in [5.41, 5.74) is 3.62. The summed E-state index contributed by atoms with van der Waals surface area (Å²) in [6.45, 7) is 2.59. The summed E-state index contributed by atoms with van der Waals surface area (Å²) in [6, 6.07) is 5.93. The second kappa shape index (κ2) is 7.78. The topological polar surface area (TPSA) is 89.3 Å². The summed E-state index contributed by atoms with van der Waals surface area (Å²) in [6.07, 6.45) is 4.04. The Bertz CT molecular complexity index is 1140. The van der Waals surface area contributed by atoms with E-state index < -0.39 is 0 Å². The fourth-order valence-electron chi connectivity index (χ4n) is 3.91. The molecule has 0 radical (unpaired) electrons. The molecule has 156 valence electrons. The molecule has 0 saturated carbocycles. The molecule has 1 aliphatic rings. The SMILES string of the molecule is COc1ccc2c(c1)c(-c1nc(C)ncc1CNC(=O)[C@@H]1CC(=O)N(C)C1)cn2C. The quantitative estimate of drug-likeness (QED) is 0.699. The molecule has 1 N–H and O–H groups in total. The van der Waals surface area contributed by atoms with Crippen LogP contribution in [-0.2, 0) is 23.2 Å². The van der Waals surface area contributed by atoms with Gasteiger partial charge in [-0.15, -0.1) is 0 Å². The fraction of sp³-hybridized carbons (Fsp3) is 0.364. The lowest BCUT2D eigenvalue weighted by atomic mass is 10.0. The molecule has 0 unspecified atom stereocenters. The van der Waals surface area contributed by atoms with Gasteiger partial charge in [0.2, 0.25) is 11.8 Å². The van der Waals surface area contributed by atoms with Gasteiger partial charge < -0.3 is 19.5 Å². The van der Waals surface area contributed by atoms with E-state index in [1.165, 1.54) is 0 Å². The first-order valence-corrected chi connectivity index (χ1v) is 9.85. The highest BCUT2D eigenvalue weighted by atomic mass is 16.5. The highest BCUT2D eigenvalue weighted by molar-refractivity contribution is 5.96. The molecule has 0 aliphatic carbocycles.